The Kier molecular flexibility index (Phi) is 2.19. The van der Waals surface area contributed by atoms with Crippen molar-refractivity contribution in [3.05, 3.63) is 24.3 Å². The SMILES string of the molecule is COc1cccc2cc(SC)oc12. The van der Waals surface area contributed by atoms with Crippen molar-refractivity contribution in [3.8, 4) is 5.75 Å². The first kappa shape index (κ1) is 8.51. The Balaban J connectivity index is 2.67. The van der Waals surface area contributed by atoms with Gasteiger partial charge < -0.3 is 9.15 Å². The van der Waals surface area contributed by atoms with Gasteiger partial charge in [-0.05, 0) is 18.4 Å². The molecular weight excluding hydrogens is 184 g/mol. The molecule has 3 heteroatoms. The van der Waals surface area contributed by atoms with Crippen molar-refractivity contribution in [1.29, 1.82) is 0 Å². The number of thioether (sulfide) groups is 1. The summed E-state index contributed by atoms with van der Waals surface area (Å²) in [5.74, 6) is 0.790. The fourth-order valence-electron chi connectivity index (χ4n) is 1.27. The molecule has 1 aromatic heterocycles. The third kappa shape index (κ3) is 1.40. The van der Waals surface area contributed by atoms with Crippen LogP contribution in [0.5, 0.6) is 5.75 Å². The van der Waals surface area contributed by atoms with Gasteiger partial charge in [-0.2, -0.15) is 0 Å². The Hall–Kier alpha value is -1.09. The van der Waals surface area contributed by atoms with Crippen molar-refractivity contribution in [2.24, 2.45) is 0 Å². The fourth-order valence-corrected chi connectivity index (χ4v) is 1.69. The number of hydrogen-bond donors (Lipinski definition) is 0. The number of rotatable bonds is 2. The van der Waals surface area contributed by atoms with Crippen molar-refractivity contribution in [2.45, 2.75) is 5.09 Å². The zero-order valence-corrected chi connectivity index (χ0v) is 8.35. The predicted octanol–water partition coefficient (Wildman–Crippen LogP) is 3.16. The monoisotopic (exact) mass is 194 g/mol. The van der Waals surface area contributed by atoms with Crippen molar-refractivity contribution in [2.75, 3.05) is 13.4 Å². The molecule has 0 fully saturated rings. The Morgan fingerprint density at radius 2 is 2.23 bits per heavy atom. The minimum Gasteiger partial charge on any atom is -0.493 e. The molecule has 2 nitrogen and oxygen atoms in total. The van der Waals surface area contributed by atoms with Crippen molar-refractivity contribution in [3.63, 3.8) is 0 Å². The third-order valence-electron chi connectivity index (χ3n) is 1.91. The van der Waals surface area contributed by atoms with E-state index in [1.807, 2.05) is 30.5 Å². The lowest BCUT2D eigenvalue weighted by Gasteiger charge is -1.98. The Morgan fingerprint density at radius 3 is 2.92 bits per heavy atom. The molecule has 0 atom stereocenters. The van der Waals surface area contributed by atoms with Crippen LogP contribution in [0.2, 0.25) is 0 Å². The van der Waals surface area contributed by atoms with Gasteiger partial charge in [0.05, 0.1) is 7.11 Å². The molecule has 13 heavy (non-hydrogen) atoms. The van der Waals surface area contributed by atoms with Gasteiger partial charge in [0, 0.05) is 5.39 Å². The summed E-state index contributed by atoms with van der Waals surface area (Å²) < 4.78 is 10.8. The molecule has 0 unspecified atom stereocenters. The van der Waals surface area contributed by atoms with E-state index < -0.39 is 0 Å². The van der Waals surface area contributed by atoms with E-state index in [4.69, 9.17) is 9.15 Å². The van der Waals surface area contributed by atoms with E-state index in [-0.39, 0.29) is 0 Å². The lowest BCUT2D eigenvalue weighted by Crippen LogP contribution is -1.81. The Labute approximate surface area is 80.9 Å². The molecule has 0 bridgehead atoms. The molecule has 0 aliphatic rings. The first-order valence-electron chi connectivity index (χ1n) is 3.95. The van der Waals surface area contributed by atoms with E-state index in [0.29, 0.717) is 0 Å². The van der Waals surface area contributed by atoms with E-state index in [2.05, 4.69) is 0 Å². The van der Waals surface area contributed by atoms with Gasteiger partial charge in [0.25, 0.3) is 0 Å². The van der Waals surface area contributed by atoms with Crippen molar-refractivity contribution in [1.82, 2.24) is 0 Å². The highest BCUT2D eigenvalue weighted by molar-refractivity contribution is 7.98. The second-order valence-corrected chi connectivity index (χ2v) is 3.46. The summed E-state index contributed by atoms with van der Waals surface area (Å²) >= 11 is 1.59. The van der Waals surface area contributed by atoms with Crippen LogP contribution in [0.3, 0.4) is 0 Å². The van der Waals surface area contributed by atoms with E-state index in [1.165, 1.54) is 0 Å². The molecule has 2 rings (SSSR count). The number of hydrogen-bond acceptors (Lipinski definition) is 3. The lowest BCUT2D eigenvalue weighted by atomic mass is 10.2. The van der Waals surface area contributed by atoms with Crippen LogP contribution in [0.1, 0.15) is 0 Å². The summed E-state index contributed by atoms with van der Waals surface area (Å²) in [4.78, 5) is 0. The number of benzene rings is 1. The summed E-state index contributed by atoms with van der Waals surface area (Å²) in [5.41, 5.74) is 0.828. The lowest BCUT2D eigenvalue weighted by molar-refractivity contribution is 0.403. The molecule has 68 valence electrons. The predicted molar refractivity (Wildman–Crippen MR) is 54.5 cm³/mol. The van der Waals surface area contributed by atoms with Crippen LogP contribution >= 0.6 is 11.8 Å². The molecule has 0 amide bonds. The maximum atomic E-state index is 5.58. The zero-order chi connectivity index (χ0) is 9.26. The maximum Gasteiger partial charge on any atom is 0.177 e. The second-order valence-electron chi connectivity index (χ2n) is 2.65. The van der Waals surface area contributed by atoms with Gasteiger partial charge in [0.15, 0.2) is 16.4 Å². The molecular formula is C10H10O2S. The summed E-state index contributed by atoms with van der Waals surface area (Å²) in [6.07, 6.45) is 1.99. The van der Waals surface area contributed by atoms with Gasteiger partial charge in [-0.3, -0.25) is 0 Å². The quantitative estimate of drug-likeness (QED) is 0.686. The number of fused-ring (bicyclic) bond motifs is 1. The summed E-state index contributed by atoms with van der Waals surface area (Å²) in [6.45, 7) is 0. The molecule has 2 aromatic rings. The van der Waals surface area contributed by atoms with E-state index in [9.17, 15) is 0 Å². The highest BCUT2D eigenvalue weighted by atomic mass is 32.2. The highest BCUT2D eigenvalue weighted by Gasteiger charge is 2.06. The zero-order valence-electron chi connectivity index (χ0n) is 7.53. The number of furan rings is 1. The smallest absolute Gasteiger partial charge is 0.177 e. The van der Waals surface area contributed by atoms with Gasteiger partial charge in [-0.25, -0.2) is 0 Å². The summed E-state index contributed by atoms with van der Waals surface area (Å²) in [6, 6.07) is 7.89. The Bertz CT molecular complexity index is 420. The van der Waals surface area contributed by atoms with Gasteiger partial charge in [0.2, 0.25) is 0 Å². The molecule has 0 aliphatic carbocycles. The minimum atomic E-state index is 0.790. The van der Waals surface area contributed by atoms with Gasteiger partial charge in [0.1, 0.15) is 0 Å². The fraction of sp³-hybridized carbons (Fsp3) is 0.200. The van der Waals surface area contributed by atoms with Gasteiger partial charge in [-0.1, -0.05) is 23.9 Å². The third-order valence-corrected chi connectivity index (χ3v) is 2.51. The molecule has 0 radical (unpaired) electrons. The molecule has 1 aromatic carbocycles. The maximum absolute atomic E-state index is 5.58. The van der Waals surface area contributed by atoms with Crippen LogP contribution in [-0.4, -0.2) is 13.4 Å². The minimum absolute atomic E-state index is 0.790. The normalized spacial score (nSPS) is 10.6. The van der Waals surface area contributed by atoms with Gasteiger partial charge in [-0.15, -0.1) is 0 Å². The average molecular weight is 194 g/mol. The van der Waals surface area contributed by atoms with Crippen molar-refractivity contribution >= 4 is 22.7 Å². The summed E-state index contributed by atoms with van der Waals surface area (Å²) in [7, 11) is 1.65. The number of methoxy groups -OCH3 is 1. The second kappa shape index (κ2) is 3.34. The van der Waals surface area contributed by atoms with Crippen LogP contribution in [0.4, 0.5) is 0 Å². The standard InChI is InChI=1S/C10H10O2S/c1-11-8-5-3-4-7-6-9(13-2)12-10(7)8/h3-6H,1-2H3. The average Bonchev–Trinajstić information content (AvgIpc) is 2.59. The number of para-hydroxylation sites is 1. The van der Waals surface area contributed by atoms with Gasteiger partial charge >= 0.3 is 0 Å². The molecule has 0 N–H and O–H groups in total. The molecule has 0 saturated heterocycles. The molecule has 0 spiro atoms. The largest absolute Gasteiger partial charge is 0.493 e. The van der Waals surface area contributed by atoms with E-state index in [0.717, 1.165) is 21.8 Å². The van der Waals surface area contributed by atoms with Crippen LogP contribution < -0.4 is 4.74 Å². The van der Waals surface area contributed by atoms with Crippen LogP contribution in [-0.2, 0) is 0 Å². The first-order chi connectivity index (χ1) is 6.35. The first-order valence-corrected chi connectivity index (χ1v) is 5.18. The summed E-state index contributed by atoms with van der Waals surface area (Å²) in [5, 5.41) is 2.00. The van der Waals surface area contributed by atoms with Crippen LogP contribution in [0.15, 0.2) is 33.8 Å². The number of ether oxygens (including phenoxy) is 1. The molecule has 0 saturated carbocycles. The van der Waals surface area contributed by atoms with Crippen molar-refractivity contribution < 1.29 is 9.15 Å². The van der Waals surface area contributed by atoms with Crippen LogP contribution in [0, 0.1) is 0 Å². The highest BCUT2D eigenvalue weighted by Crippen LogP contribution is 2.31. The molecule has 1 heterocycles. The van der Waals surface area contributed by atoms with E-state index in [1.54, 1.807) is 18.9 Å². The Morgan fingerprint density at radius 1 is 1.38 bits per heavy atom. The van der Waals surface area contributed by atoms with E-state index >= 15 is 0 Å². The van der Waals surface area contributed by atoms with Crippen LogP contribution in [0.25, 0.3) is 11.0 Å². The molecule has 0 aliphatic heterocycles. The topological polar surface area (TPSA) is 22.4 Å².